The zero-order chi connectivity index (χ0) is 13.7. The second-order valence-electron chi connectivity index (χ2n) is 3.70. The van der Waals surface area contributed by atoms with E-state index in [0.717, 1.165) is 5.16 Å². The van der Waals surface area contributed by atoms with Gasteiger partial charge in [0.15, 0.2) is 5.16 Å². The number of carboxylic acid groups (broad SMARTS) is 1. The molecule has 0 aliphatic rings. The zero-order valence-corrected chi connectivity index (χ0v) is 11.1. The molecular formula is C12H13N3O3S. The van der Waals surface area contributed by atoms with Gasteiger partial charge in [-0.15, -0.1) is 0 Å². The number of rotatable bonds is 6. The molecule has 0 saturated carbocycles. The molecule has 6 nitrogen and oxygen atoms in total. The predicted octanol–water partition coefficient (Wildman–Crippen LogP) is 1.68. The average Bonchev–Trinajstić information content (AvgIpc) is 2.81. The Labute approximate surface area is 114 Å². The first-order valence-corrected chi connectivity index (χ1v) is 6.58. The molecule has 0 unspecified atom stereocenters. The highest BCUT2D eigenvalue weighted by molar-refractivity contribution is 7.99. The minimum absolute atomic E-state index is 0.221. The molecule has 0 atom stereocenters. The van der Waals surface area contributed by atoms with Crippen molar-refractivity contribution >= 4 is 17.7 Å². The van der Waals surface area contributed by atoms with Gasteiger partial charge in [0, 0.05) is 12.8 Å². The van der Waals surface area contributed by atoms with Crippen LogP contribution in [0.4, 0.5) is 0 Å². The highest BCUT2D eigenvalue weighted by atomic mass is 32.2. The standard InChI is InChI=1S/C12H13N3O3S/c1-15-12(13-8-14-15)19-6-5-18-10-4-2-3-9(7-10)11(16)17/h2-4,7-8H,5-6H2,1H3,(H,16,17). The molecule has 1 aromatic heterocycles. The van der Waals surface area contributed by atoms with Crippen LogP contribution in [0, 0.1) is 0 Å². The van der Waals surface area contributed by atoms with Gasteiger partial charge in [0.1, 0.15) is 12.1 Å². The molecule has 0 bridgehead atoms. The fraction of sp³-hybridized carbons (Fsp3) is 0.250. The summed E-state index contributed by atoms with van der Waals surface area (Å²) in [6, 6.07) is 6.44. The smallest absolute Gasteiger partial charge is 0.335 e. The third-order valence-electron chi connectivity index (χ3n) is 2.33. The molecule has 0 spiro atoms. The van der Waals surface area contributed by atoms with E-state index in [-0.39, 0.29) is 5.56 Å². The van der Waals surface area contributed by atoms with E-state index in [1.165, 1.54) is 30.2 Å². The molecule has 7 heteroatoms. The lowest BCUT2D eigenvalue weighted by molar-refractivity contribution is 0.0696. The van der Waals surface area contributed by atoms with Gasteiger partial charge in [0.25, 0.3) is 0 Å². The van der Waals surface area contributed by atoms with E-state index in [0.29, 0.717) is 18.1 Å². The summed E-state index contributed by atoms with van der Waals surface area (Å²) in [4.78, 5) is 14.9. The van der Waals surface area contributed by atoms with Crippen molar-refractivity contribution in [1.82, 2.24) is 14.8 Å². The van der Waals surface area contributed by atoms with E-state index < -0.39 is 5.97 Å². The lowest BCUT2D eigenvalue weighted by Gasteiger charge is -2.06. The van der Waals surface area contributed by atoms with Crippen LogP contribution >= 0.6 is 11.8 Å². The number of carbonyl (C=O) groups is 1. The van der Waals surface area contributed by atoms with Crippen LogP contribution in [0.5, 0.6) is 5.75 Å². The third-order valence-corrected chi connectivity index (χ3v) is 3.33. The number of aromatic carboxylic acids is 1. The molecule has 0 saturated heterocycles. The minimum Gasteiger partial charge on any atom is -0.493 e. The number of ether oxygens (including phenoxy) is 1. The highest BCUT2D eigenvalue weighted by Gasteiger charge is 2.04. The molecule has 0 aliphatic heterocycles. The quantitative estimate of drug-likeness (QED) is 0.640. The molecule has 0 amide bonds. The van der Waals surface area contributed by atoms with Crippen LogP contribution in [0.2, 0.25) is 0 Å². The Hall–Kier alpha value is -2.02. The van der Waals surface area contributed by atoms with Gasteiger partial charge in [-0.2, -0.15) is 5.10 Å². The van der Waals surface area contributed by atoms with Gasteiger partial charge in [-0.1, -0.05) is 17.8 Å². The Bertz CT molecular complexity index is 571. The number of benzene rings is 1. The largest absolute Gasteiger partial charge is 0.493 e. The van der Waals surface area contributed by atoms with Crippen LogP contribution in [0.15, 0.2) is 35.7 Å². The first-order valence-electron chi connectivity index (χ1n) is 5.60. The highest BCUT2D eigenvalue weighted by Crippen LogP contribution is 2.16. The van der Waals surface area contributed by atoms with Crippen LogP contribution in [0.1, 0.15) is 10.4 Å². The number of thioether (sulfide) groups is 1. The second-order valence-corrected chi connectivity index (χ2v) is 4.76. The van der Waals surface area contributed by atoms with Crippen molar-refractivity contribution in [1.29, 1.82) is 0 Å². The van der Waals surface area contributed by atoms with E-state index in [2.05, 4.69) is 10.1 Å². The van der Waals surface area contributed by atoms with Crippen LogP contribution in [-0.2, 0) is 7.05 Å². The van der Waals surface area contributed by atoms with Crippen molar-refractivity contribution < 1.29 is 14.6 Å². The van der Waals surface area contributed by atoms with Gasteiger partial charge in [-0.05, 0) is 18.2 Å². The number of aryl methyl sites for hydroxylation is 1. The molecule has 1 heterocycles. The summed E-state index contributed by atoms with van der Waals surface area (Å²) in [6.45, 7) is 0.473. The molecule has 0 fully saturated rings. The lowest BCUT2D eigenvalue weighted by atomic mass is 10.2. The Morgan fingerprint density at radius 1 is 1.53 bits per heavy atom. The molecule has 100 valence electrons. The molecule has 2 aromatic rings. The third kappa shape index (κ3) is 3.72. The van der Waals surface area contributed by atoms with Crippen molar-refractivity contribution in [3.8, 4) is 5.75 Å². The molecular weight excluding hydrogens is 266 g/mol. The summed E-state index contributed by atoms with van der Waals surface area (Å²) >= 11 is 1.53. The fourth-order valence-corrected chi connectivity index (χ4v) is 2.13. The molecule has 1 aromatic carbocycles. The average molecular weight is 279 g/mol. The van der Waals surface area contributed by atoms with Crippen LogP contribution < -0.4 is 4.74 Å². The number of nitrogens with zero attached hydrogens (tertiary/aromatic N) is 3. The first-order chi connectivity index (χ1) is 9.16. The van der Waals surface area contributed by atoms with Crippen molar-refractivity contribution in [2.75, 3.05) is 12.4 Å². The topological polar surface area (TPSA) is 77.2 Å². The number of hydrogen-bond donors (Lipinski definition) is 1. The second kappa shape index (κ2) is 6.24. The maximum absolute atomic E-state index is 10.8. The Balaban J connectivity index is 1.81. The SMILES string of the molecule is Cn1ncnc1SCCOc1cccc(C(=O)O)c1. The summed E-state index contributed by atoms with van der Waals surface area (Å²) in [5, 5.41) is 13.6. The van der Waals surface area contributed by atoms with Gasteiger partial charge < -0.3 is 9.84 Å². The fourth-order valence-electron chi connectivity index (χ4n) is 1.43. The van der Waals surface area contributed by atoms with E-state index in [1.54, 1.807) is 16.8 Å². The maximum Gasteiger partial charge on any atom is 0.335 e. The van der Waals surface area contributed by atoms with Crippen LogP contribution in [-0.4, -0.2) is 38.2 Å². The molecule has 0 aliphatic carbocycles. The van der Waals surface area contributed by atoms with Gasteiger partial charge in [-0.25, -0.2) is 14.5 Å². The van der Waals surface area contributed by atoms with Crippen molar-refractivity contribution in [3.63, 3.8) is 0 Å². The number of aromatic nitrogens is 3. The number of hydrogen-bond acceptors (Lipinski definition) is 5. The summed E-state index contributed by atoms with van der Waals surface area (Å²) in [5.74, 6) is 0.307. The van der Waals surface area contributed by atoms with Crippen LogP contribution in [0.25, 0.3) is 0 Å². The molecule has 2 rings (SSSR count). The lowest BCUT2D eigenvalue weighted by Crippen LogP contribution is -2.03. The van der Waals surface area contributed by atoms with Crippen molar-refractivity contribution in [2.45, 2.75) is 5.16 Å². The zero-order valence-electron chi connectivity index (χ0n) is 10.3. The summed E-state index contributed by atoms with van der Waals surface area (Å²) in [5.41, 5.74) is 0.221. The van der Waals surface area contributed by atoms with E-state index >= 15 is 0 Å². The van der Waals surface area contributed by atoms with Gasteiger partial charge in [0.05, 0.1) is 12.2 Å². The normalized spacial score (nSPS) is 10.4. The maximum atomic E-state index is 10.8. The number of carboxylic acids is 1. The van der Waals surface area contributed by atoms with Gasteiger partial charge in [0.2, 0.25) is 0 Å². The van der Waals surface area contributed by atoms with E-state index in [9.17, 15) is 4.79 Å². The molecule has 1 N–H and O–H groups in total. The van der Waals surface area contributed by atoms with Gasteiger partial charge >= 0.3 is 5.97 Å². The van der Waals surface area contributed by atoms with Crippen molar-refractivity contribution in [3.05, 3.63) is 36.2 Å². The predicted molar refractivity (Wildman–Crippen MR) is 70.6 cm³/mol. The Kier molecular flexibility index (Phi) is 4.40. The van der Waals surface area contributed by atoms with Gasteiger partial charge in [-0.3, -0.25) is 0 Å². The monoisotopic (exact) mass is 279 g/mol. The summed E-state index contributed by atoms with van der Waals surface area (Å²) in [7, 11) is 1.83. The van der Waals surface area contributed by atoms with E-state index in [4.69, 9.17) is 9.84 Å². The Morgan fingerprint density at radius 2 is 2.37 bits per heavy atom. The van der Waals surface area contributed by atoms with Crippen molar-refractivity contribution in [2.24, 2.45) is 7.05 Å². The van der Waals surface area contributed by atoms with E-state index in [1.807, 2.05) is 7.05 Å². The summed E-state index contributed by atoms with van der Waals surface area (Å²) < 4.78 is 7.18. The molecule has 0 radical (unpaired) electrons. The summed E-state index contributed by atoms with van der Waals surface area (Å²) in [6.07, 6.45) is 1.50. The first kappa shape index (κ1) is 13.4. The molecule has 19 heavy (non-hydrogen) atoms. The minimum atomic E-state index is -0.959. The van der Waals surface area contributed by atoms with Crippen LogP contribution in [0.3, 0.4) is 0 Å². The Morgan fingerprint density at radius 3 is 3.05 bits per heavy atom.